The van der Waals surface area contributed by atoms with Crippen LogP contribution in [0.1, 0.15) is 11.1 Å². The van der Waals surface area contributed by atoms with Crippen molar-refractivity contribution in [1.82, 2.24) is 0 Å². The van der Waals surface area contributed by atoms with Crippen LogP contribution in [0.5, 0.6) is 23.0 Å². The number of anilines is 2. The summed E-state index contributed by atoms with van der Waals surface area (Å²) >= 11 is 0. The van der Waals surface area contributed by atoms with E-state index < -0.39 is 40.7 Å². The van der Waals surface area contributed by atoms with E-state index in [9.17, 15) is 26.3 Å². The Morgan fingerprint density at radius 1 is 0.372 bits per heavy atom. The summed E-state index contributed by atoms with van der Waals surface area (Å²) in [5.41, 5.74) is 3.08. The third-order valence-electron chi connectivity index (χ3n) is 6.46. The lowest BCUT2D eigenvalue weighted by Crippen LogP contribution is -2.68. The van der Waals surface area contributed by atoms with Gasteiger partial charge in [0.2, 0.25) is 0 Å². The first kappa shape index (κ1) is 31.3. The van der Waals surface area contributed by atoms with Crippen LogP contribution in [0.15, 0.2) is 97.1 Å². The van der Waals surface area contributed by atoms with Crippen LogP contribution in [0.25, 0.3) is 0 Å². The Morgan fingerprint density at radius 3 is 0.837 bits per heavy atom. The quantitative estimate of drug-likeness (QED) is 0.153. The average Bonchev–Trinajstić information content (AvgIpc) is 2.92. The molecule has 0 radical (unpaired) electrons. The number of rotatable bonds is 8. The van der Waals surface area contributed by atoms with Crippen molar-refractivity contribution in [3.63, 3.8) is 0 Å². The number of nitrogens with two attached hydrogens (primary N) is 2. The average molecular weight is 618 g/mol. The lowest BCUT2D eigenvalue weighted by molar-refractivity contribution is -0.375. The fourth-order valence-corrected chi connectivity index (χ4v) is 4.40. The molecule has 0 saturated carbocycles. The van der Waals surface area contributed by atoms with E-state index in [2.05, 4.69) is 0 Å². The van der Waals surface area contributed by atoms with Crippen LogP contribution >= 0.6 is 0 Å². The molecule has 0 aliphatic heterocycles. The van der Waals surface area contributed by atoms with Gasteiger partial charge < -0.3 is 20.9 Å². The smallest absolute Gasteiger partial charge is 0.454 e. The lowest BCUT2D eigenvalue weighted by Gasteiger charge is -2.46. The molecule has 0 atom stereocenters. The fraction of sp³-hybridized carbons (Fsp3) is 0.172. The number of benzene rings is 4. The van der Waals surface area contributed by atoms with Gasteiger partial charge in [0.05, 0.1) is 0 Å². The highest BCUT2D eigenvalue weighted by Crippen LogP contribution is 2.64. The van der Waals surface area contributed by atoms with Crippen LogP contribution in [0.4, 0.5) is 55.3 Å². The Morgan fingerprint density at radius 2 is 0.605 bits per heavy atom. The molecule has 0 bridgehead atoms. The maximum absolute atomic E-state index is 15.4. The molecule has 0 aromatic heterocycles. The number of alkyl halides is 10. The van der Waals surface area contributed by atoms with Gasteiger partial charge in [-0.1, -0.05) is 24.3 Å². The van der Waals surface area contributed by atoms with Gasteiger partial charge in [0.1, 0.15) is 23.0 Å². The molecule has 14 heteroatoms. The zero-order valence-corrected chi connectivity index (χ0v) is 21.5. The van der Waals surface area contributed by atoms with Gasteiger partial charge in [0.25, 0.3) is 0 Å². The molecule has 4 nitrogen and oxygen atoms in total. The third kappa shape index (κ3) is 5.60. The van der Waals surface area contributed by atoms with Crippen molar-refractivity contribution < 1.29 is 53.4 Å². The highest BCUT2D eigenvalue weighted by Gasteiger charge is 2.85. The second-order valence-electron chi connectivity index (χ2n) is 9.29. The van der Waals surface area contributed by atoms with Crippen LogP contribution in [-0.4, -0.2) is 24.2 Å². The molecule has 0 amide bonds. The van der Waals surface area contributed by atoms with E-state index in [1.165, 1.54) is 48.5 Å². The molecule has 0 aliphatic carbocycles. The lowest BCUT2D eigenvalue weighted by atomic mass is 9.64. The maximum atomic E-state index is 15.4. The largest absolute Gasteiger partial charge is 0.457 e. The van der Waals surface area contributed by atoms with Gasteiger partial charge in [-0.25, -0.2) is 0 Å². The van der Waals surface area contributed by atoms with E-state index in [4.69, 9.17) is 20.9 Å². The zero-order valence-electron chi connectivity index (χ0n) is 21.5. The van der Waals surface area contributed by atoms with Crippen molar-refractivity contribution in [1.29, 1.82) is 0 Å². The van der Waals surface area contributed by atoms with Crippen molar-refractivity contribution >= 4 is 11.4 Å². The standard InChI is InChI=1S/C29H20F10N2O2/c30-26(31,28(34,35)36)25(27(32,33)29(37,38)39,17-1-9-21(10-2-17)42-23-13-5-19(40)6-14-23)18-3-11-22(12-4-18)43-24-15-7-20(41)8-16-24/h1-16H,40-41H2. The minimum atomic E-state index is -6.86. The Labute approximate surface area is 237 Å². The van der Waals surface area contributed by atoms with E-state index in [-0.39, 0.29) is 23.0 Å². The molecular weight excluding hydrogens is 598 g/mol. The number of halogens is 10. The van der Waals surface area contributed by atoms with Crippen LogP contribution in [0.2, 0.25) is 0 Å². The van der Waals surface area contributed by atoms with Crippen LogP contribution in [0.3, 0.4) is 0 Å². The molecule has 0 saturated heterocycles. The molecule has 43 heavy (non-hydrogen) atoms. The van der Waals surface area contributed by atoms with Crippen molar-refractivity contribution in [3.05, 3.63) is 108 Å². The minimum absolute atomic E-state index is 0.103. The molecular formula is C29H20F10N2O2. The third-order valence-corrected chi connectivity index (χ3v) is 6.46. The summed E-state index contributed by atoms with van der Waals surface area (Å²) < 4.78 is 156. The predicted octanol–water partition coefficient (Wildman–Crippen LogP) is 9.12. The number of hydrogen-bond donors (Lipinski definition) is 2. The first-order valence-electron chi connectivity index (χ1n) is 12.1. The van der Waals surface area contributed by atoms with Gasteiger partial charge in [-0.3, -0.25) is 0 Å². The van der Waals surface area contributed by atoms with Gasteiger partial charge >= 0.3 is 24.2 Å². The Balaban J connectivity index is 1.91. The van der Waals surface area contributed by atoms with Gasteiger partial charge in [-0.15, -0.1) is 0 Å². The van der Waals surface area contributed by atoms with Crippen LogP contribution in [0, 0.1) is 0 Å². The van der Waals surface area contributed by atoms with E-state index in [1.54, 1.807) is 0 Å². The van der Waals surface area contributed by atoms with Crippen LogP contribution < -0.4 is 20.9 Å². The van der Waals surface area contributed by atoms with Gasteiger partial charge in [0, 0.05) is 11.4 Å². The second-order valence-corrected chi connectivity index (χ2v) is 9.29. The molecule has 0 aliphatic rings. The molecule has 4 aromatic carbocycles. The minimum Gasteiger partial charge on any atom is -0.457 e. The van der Waals surface area contributed by atoms with E-state index in [1.807, 2.05) is 0 Å². The van der Waals surface area contributed by atoms with Crippen molar-refractivity contribution in [3.8, 4) is 23.0 Å². The summed E-state index contributed by atoms with van der Waals surface area (Å²) in [6.45, 7) is 0. The fourth-order valence-electron chi connectivity index (χ4n) is 4.40. The van der Waals surface area contributed by atoms with Crippen molar-refractivity contribution in [2.75, 3.05) is 11.5 Å². The predicted molar refractivity (Wildman–Crippen MR) is 138 cm³/mol. The topological polar surface area (TPSA) is 70.5 Å². The Kier molecular flexibility index (Phi) is 7.94. The normalized spacial score (nSPS) is 13.1. The highest BCUT2D eigenvalue weighted by molar-refractivity contribution is 5.51. The van der Waals surface area contributed by atoms with E-state index in [0.717, 1.165) is 0 Å². The monoisotopic (exact) mass is 618 g/mol. The molecule has 0 unspecified atom stereocenters. The molecule has 0 spiro atoms. The van der Waals surface area contributed by atoms with Gasteiger partial charge in [-0.05, 0) is 83.9 Å². The summed E-state index contributed by atoms with van der Waals surface area (Å²) in [5, 5.41) is 0. The summed E-state index contributed by atoms with van der Waals surface area (Å²) in [6.07, 6.45) is -13.7. The van der Waals surface area contributed by atoms with Crippen molar-refractivity contribution in [2.24, 2.45) is 0 Å². The highest BCUT2D eigenvalue weighted by atomic mass is 19.4. The second kappa shape index (κ2) is 10.9. The van der Waals surface area contributed by atoms with Crippen LogP contribution in [-0.2, 0) is 5.41 Å². The van der Waals surface area contributed by atoms with Gasteiger partial charge in [0.15, 0.2) is 5.41 Å². The number of ether oxygens (including phenoxy) is 2. The summed E-state index contributed by atoms with van der Waals surface area (Å²) in [6, 6.07) is 15.0. The Bertz CT molecular complexity index is 1410. The SMILES string of the molecule is Nc1ccc(Oc2ccc(C(c3ccc(Oc4ccc(N)cc4)cc3)(C(F)(F)C(F)(F)F)C(F)(F)C(F)(F)F)cc2)cc1. The van der Waals surface area contributed by atoms with E-state index in [0.29, 0.717) is 59.9 Å². The first-order valence-corrected chi connectivity index (χ1v) is 12.1. The molecule has 228 valence electrons. The van der Waals surface area contributed by atoms with E-state index >= 15 is 17.6 Å². The number of nitrogen functional groups attached to an aromatic ring is 2. The summed E-state index contributed by atoms with van der Waals surface area (Å²) in [5.74, 6) is -13.7. The maximum Gasteiger partial charge on any atom is 0.454 e. The van der Waals surface area contributed by atoms with Gasteiger partial charge in [-0.2, -0.15) is 43.9 Å². The zero-order chi connectivity index (χ0) is 31.8. The molecule has 4 rings (SSSR count). The number of hydrogen-bond acceptors (Lipinski definition) is 4. The molecule has 0 heterocycles. The molecule has 0 fully saturated rings. The first-order chi connectivity index (χ1) is 19.9. The Hall–Kier alpha value is -4.62. The summed E-state index contributed by atoms with van der Waals surface area (Å²) in [4.78, 5) is 0. The van der Waals surface area contributed by atoms with Crippen molar-refractivity contribution in [2.45, 2.75) is 29.6 Å². The molecule has 4 N–H and O–H groups in total. The molecule has 4 aromatic rings. The summed E-state index contributed by atoms with van der Waals surface area (Å²) in [7, 11) is 0.